The van der Waals surface area contributed by atoms with E-state index in [0.717, 1.165) is 153 Å². The second kappa shape index (κ2) is 24.5. The van der Waals surface area contributed by atoms with E-state index in [4.69, 9.17) is 21.3 Å². The van der Waals surface area contributed by atoms with Gasteiger partial charge in [-0.1, -0.05) is 63.5 Å². The molecular weight excluding hydrogens is 803 g/mol. The van der Waals surface area contributed by atoms with Crippen LogP contribution in [0.5, 0.6) is 0 Å². The molecule has 2 spiro atoms. The Labute approximate surface area is 325 Å². The van der Waals surface area contributed by atoms with Crippen LogP contribution in [0.15, 0.2) is 61.2 Å². The molecule has 50 heavy (non-hydrogen) atoms. The molecule has 7 heterocycles. The normalized spacial score (nSPS) is 21.0. The molecule has 0 radical (unpaired) electrons. The predicted octanol–water partition coefficient (Wildman–Crippen LogP) is 8.13. The molecule has 4 saturated heterocycles. The zero-order valence-corrected chi connectivity index (χ0v) is 32.5. The number of nitrogens with zero attached hydrogens (tertiary/aromatic N) is 12. The summed E-state index contributed by atoms with van der Waals surface area (Å²) in [6.07, 6.45) is 15.9. The molecule has 0 amide bonds. The fourth-order valence-corrected chi connectivity index (χ4v) is 6.26. The molecule has 0 saturated carbocycles. The van der Waals surface area contributed by atoms with Crippen LogP contribution >= 0.6 is 0 Å². The first-order valence-corrected chi connectivity index (χ1v) is 17.7. The summed E-state index contributed by atoms with van der Waals surface area (Å²) in [5.41, 5.74) is 3.03. The monoisotopic (exact) mass is 854 g/mol. The molecule has 12 nitrogen and oxygen atoms in total. The summed E-state index contributed by atoms with van der Waals surface area (Å²) >= 11 is 0. The molecule has 14 heteroatoms. The standard InChI is InChI=1S/C14H10N4.2C11H20N4.2Ru/c1-3-7-15-11(5-1)13-9-18-14(10-17-13)12-6-2-4-8-16-12;2*1-3-11(14-9-7-12-5-1)4-2-6-13-8-10-15-11;;/h1-10H;2*1-10H2;;/q;2*-4;2*+4. The summed E-state index contributed by atoms with van der Waals surface area (Å²) in [5, 5.41) is 36.7. The molecular formula is C36H50N12Ru2. The quantitative estimate of drug-likeness (QED) is 0.238. The Bertz CT molecular complexity index is 1100. The molecule has 0 aliphatic carbocycles. The summed E-state index contributed by atoms with van der Waals surface area (Å²) < 4.78 is 0. The maximum atomic E-state index is 4.77. The molecule has 0 atom stereocenters. The van der Waals surface area contributed by atoms with Crippen molar-refractivity contribution in [3.63, 3.8) is 0 Å². The molecule has 7 rings (SSSR count). The Morgan fingerprint density at radius 3 is 1.00 bits per heavy atom. The van der Waals surface area contributed by atoms with Crippen LogP contribution in [0.2, 0.25) is 0 Å². The van der Waals surface area contributed by atoms with Crippen molar-refractivity contribution in [1.29, 1.82) is 0 Å². The molecule has 3 aromatic heterocycles. The van der Waals surface area contributed by atoms with Crippen molar-refractivity contribution in [3.05, 3.63) is 104 Å². The van der Waals surface area contributed by atoms with Crippen LogP contribution in [-0.2, 0) is 39.0 Å². The fourth-order valence-electron chi connectivity index (χ4n) is 6.26. The van der Waals surface area contributed by atoms with Crippen LogP contribution in [-0.4, -0.2) is 110 Å². The van der Waals surface area contributed by atoms with Crippen molar-refractivity contribution in [1.82, 2.24) is 19.9 Å². The van der Waals surface area contributed by atoms with Gasteiger partial charge in [-0.15, -0.1) is 26.2 Å². The van der Waals surface area contributed by atoms with Crippen LogP contribution in [0.25, 0.3) is 65.3 Å². The Morgan fingerprint density at radius 1 is 0.380 bits per heavy atom. The van der Waals surface area contributed by atoms with Crippen molar-refractivity contribution in [2.75, 3.05) is 78.5 Å². The maximum Gasteiger partial charge on any atom is 4.00 e. The summed E-state index contributed by atoms with van der Waals surface area (Å²) in [4.78, 5) is 17.2. The van der Waals surface area contributed by atoms with Crippen LogP contribution in [0, 0.1) is 0 Å². The third-order valence-electron chi connectivity index (χ3n) is 8.74. The van der Waals surface area contributed by atoms with Gasteiger partial charge in [0, 0.05) is 12.4 Å². The fraction of sp³-hybridized carbons (Fsp3) is 0.611. The van der Waals surface area contributed by atoms with Gasteiger partial charge in [-0.05, 0) is 24.3 Å². The van der Waals surface area contributed by atoms with Gasteiger partial charge >= 0.3 is 39.0 Å². The SMILES string of the molecule is C1C[N-]CC[N-]C2(C1)CCC[N-]CC[N-]2.C1C[N-]CC[N-]C2(C1)CCC[N-]CC[N-]2.[Ru+4].[Ru+4].c1ccc(-c2cnc(-c3ccccn3)cn2)nc1. The predicted molar refractivity (Wildman–Crippen MR) is 196 cm³/mol. The van der Waals surface area contributed by atoms with E-state index in [1.165, 1.54) is 0 Å². The average molecular weight is 853 g/mol. The van der Waals surface area contributed by atoms with Crippen molar-refractivity contribution in [3.8, 4) is 22.8 Å². The van der Waals surface area contributed by atoms with Gasteiger partial charge in [0.05, 0.1) is 23.8 Å². The van der Waals surface area contributed by atoms with Gasteiger partial charge < -0.3 is 42.5 Å². The first-order chi connectivity index (χ1) is 23.8. The van der Waals surface area contributed by atoms with Crippen molar-refractivity contribution < 1.29 is 39.0 Å². The summed E-state index contributed by atoms with van der Waals surface area (Å²) in [7, 11) is 0. The van der Waals surface area contributed by atoms with E-state index < -0.39 is 0 Å². The minimum Gasteiger partial charge on any atom is -0.677 e. The zero-order chi connectivity index (χ0) is 33.0. The van der Waals surface area contributed by atoms with E-state index in [0.29, 0.717) is 0 Å². The minimum absolute atomic E-state index is 0. The summed E-state index contributed by atoms with van der Waals surface area (Å²) in [5.74, 6) is 0. The first-order valence-electron chi connectivity index (χ1n) is 17.7. The van der Waals surface area contributed by atoms with Gasteiger partial charge in [0.25, 0.3) is 0 Å². The maximum absolute atomic E-state index is 4.77. The van der Waals surface area contributed by atoms with Gasteiger partial charge in [0.2, 0.25) is 0 Å². The summed E-state index contributed by atoms with van der Waals surface area (Å²) in [6.45, 7) is 11.0. The molecule has 0 unspecified atom stereocenters. The van der Waals surface area contributed by atoms with Crippen molar-refractivity contribution in [2.24, 2.45) is 0 Å². The second-order valence-corrected chi connectivity index (χ2v) is 12.3. The van der Waals surface area contributed by atoms with E-state index in [2.05, 4.69) is 41.2 Å². The van der Waals surface area contributed by atoms with Crippen LogP contribution in [0.4, 0.5) is 0 Å². The second-order valence-electron chi connectivity index (χ2n) is 12.3. The largest absolute Gasteiger partial charge is 4.00 e. The number of aromatic nitrogens is 4. The minimum atomic E-state index is -0.0636. The van der Waals surface area contributed by atoms with E-state index >= 15 is 0 Å². The van der Waals surface area contributed by atoms with E-state index in [1.54, 1.807) is 24.8 Å². The average Bonchev–Trinajstić information content (AvgIpc) is 3.09. The molecule has 0 aromatic carbocycles. The third kappa shape index (κ3) is 14.7. The Kier molecular flexibility index (Phi) is 21.0. The molecule has 270 valence electrons. The molecule has 3 aromatic rings. The number of hydrogen-bond donors (Lipinski definition) is 0. The van der Waals surface area contributed by atoms with Crippen molar-refractivity contribution >= 4 is 0 Å². The number of hydrogen-bond acceptors (Lipinski definition) is 4. The van der Waals surface area contributed by atoms with E-state index in [9.17, 15) is 0 Å². The summed E-state index contributed by atoms with van der Waals surface area (Å²) in [6, 6.07) is 11.4. The Balaban J connectivity index is 0.000000200. The van der Waals surface area contributed by atoms with Gasteiger partial charge in [-0.3, -0.25) is 19.9 Å². The van der Waals surface area contributed by atoms with Crippen LogP contribution in [0.3, 0.4) is 0 Å². The Morgan fingerprint density at radius 2 is 0.720 bits per heavy atom. The van der Waals surface area contributed by atoms with Gasteiger partial charge in [-0.2, -0.15) is 52.4 Å². The van der Waals surface area contributed by atoms with Crippen LogP contribution in [0.1, 0.15) is 51.4 Å². The number of rotatable bonds is 2. The molecule has 0 bridgehead atoms. The third-order valence-corrected chi connectivity index (χ3v) is 8.74. The molecule has 4 aliphatic heterocycles. The Hall–Kier alpha value is -1.69. The van der Waals surface area contributed by atoms with Gasteiger partial charge in [0.1, 0.15) is 11.4 Å². The van der Waals surface area contributed by atoms with Gasteiger partial charge in [0.15, 0.2) is 0 Å². The zero-order valence-electron chi connectivity index (χ0n) is 29.0. The smallest absolute Gasteiger partial charge is 0.677 e. The van der Waals surface area contributed by atoms with Gasteiger partial charge in [-0.25, -0.2) is 11.3 Å². The molecule has 0 N–H and O–H groups in total. The van der Waals surface area contributed by atoms with E-state index in [-0.39, 0.29) is 50.3 Å². The number of pyridine rings is 2. The van der Waals surface area contributed by atoms with Crippen molar-refractivity contribution in [2.45, 2.75) is 62.7 Å². The molecule has 4 fully saturated rings. The molecule has 4 aliphatic rings. The van der Waals surface area contributed by atoms with Crippen LogP contribution < -0.4 is 0 Å². The first kappa shape index (κ1) is 42.7. The topological polar surface area (TPSA) is 164 Å². The van der Waals surface area contributed by atoms with E-state index in [1.807, 2.05) is 36.4 Å².